The molecule has 0 radical (unpaired) electrons. The number of hydrogen-bond acceptors (Lipinski definition) is 4. The molecule has 114 valence electrons. The Labute approximate surface area is 129 Å². The number of rotatable bonds is 4. The molecule has 0 aliphatic rings. The van der Waals surface area contributed by atoms with E-state index in [1.54, 1.807) is 24.3 Å². The van der Waals surface area contributed by atoms with Crippen LogP contribution in [0.15, 0.2) is 52.1 Å². The first-order valence-corrected chi connectivity index (χ1v) is 8.33. The van der Waals surface area contributed by atoms with Gasteiger partial charge in [0.05, 0.1) is 4.90 Å². The summed E-state index contributed by atoms with van der Waals surface area (Å²) in [4.78, 5) is 4.30. The van der Waals surface area contributed by atoms with Gasteiger partial charge < -0.3 is 4.42 Å². The van der Waals surface area contributed by atoms with E-state index in [1.165, 1.54) is 6.39 Å². The first-order valence-electron chi connectivity index (χ1n) is 6.85. The van der Waals surface area contributed by atoms with Gasteiger partial charge in [-0.15, -0.1) is 0 Å². The summed E-state index contributed by atoms with van der Waals surface area (Å²) in [5.74, 6) is 0. The molecule has 0 aliphatic carbocycles. The van der Waals surface area contributed by atoms with Crippen molar-refractivity contribution in [2.75, 3.05) is 0 Å². The van der Waals surface area contributed by atoms with Gasteiger partial charge in [0.15, 0.2) is 12.0 Å². The molecule has 0 fully saturated rings. The average Bonchev–Trinajstić information content (AvgIpc) is 2.95. The predicted octanol–water partition coefficient (Wildman–Crippen LogP) is 2.92. The highest BCUT2D eigenvalue weighted by atomic mass is 32.2. The number of benzene rings is 2. The molecule has 2 aromatic carbocycles. The lowest BCUT2D eigenvalue weighted by molar-refractivity contribution is 0.580. The van der Waals surface area contributed by atoms with E-state index in [9.17, 15) is 8.42 Å². The summed E-state index contributed by atoms with van der Waals surface area (Å²) in [5.41, 5.74) is 4.22. The lowest BCUT2D eigenvalue weighted by Crippen LogP contribution is -2.23. The van der Waals surface area contributed by atoms with Crippen LogP contribution in [0.4, 0.5) is 0 Å². The maximum Gasteiger partial charge on any atom is 0.240 e. The summed E-state index contributed by atoms with van der Waals surface area (Å²) in [6.07, 6.45) is 1.37. The van der Waals surface area contributed by atoms with Gasteiger partial charge in [-0.25, -0.2) is 18.1 Å². The average molecular weight is 316 g/mol. The Hall–Kier alpha value is -2.18. The highest BCUT2D eigenvalue weighted by molar-refractivity contribution is 7.89. The number of fused-ring (bicyclic) bond motifs is 1. The summed E-state index contributed by atoms with van der Waals surface area (Å²) in [6, 6.07) is 10.5. The minimum atomic E-state index is -3.53. The van der Waals surface area contributed by atoms with E-state index >= 15 is 0 Å². The molecule has 1 N–H and O–H groups in total. The minimum Gasteiger partial charge on any atom is -0.443 e. The van der Waals surface area contributed by atoms with Crippen molar-refractivity contribution in [3.05, 3.63) is 59.5 Å². The van der Waals surface area contributed by atoms with Crippen molar-refractivity contribution in [2.45, 2.75) is 25.3 Å². The largest absolute Gasteiger partial charge is 0.443 e. The molecule has 6 heteroatoms. The Morgan fingerprint density at radius 3 is 2.68 bits per heavy atom. The number of aryl methyl sites for hydroxylation is 2. The van der Waals surface area contributed by atoms with Crippen LogP contribution < -0.4 is 4.72 Å². The maximum atomic E-state index is 12.3. The zero-order valence-electron chi connectivity index (χ0n) is 12.3. The molecule has 0 saturated heterocycles. The van der Waals surface area contributed by atoms with E-state index in [-0.39, 0.29) is 11.4 Å². The molecule has 22 heavy (non-hydrogen) atoms. The van der Waals surface area contributed by atoms with Crippen molar-refractivity contribution in [1.29, 1.82) is 0 Å². The fraction of sp³-hybridized carbons (Fsp3) is 0.188. The number of oxazole rings is 1. The molecule has 0 atom stereocenters. The molecule has 3 aromatic rings. The zero-order chi connectivity index (χ0) is 15.7. The highest BCUT2D eigenvalue weighted by Crippen LogP contribution is 2.17. The maximum absolute atomic E-state index is 12.3. The second kappa shape index (κ2) is 5.55. The lowest BCUT2D eigenvalue weighted by Gasteiger charge is -2.08. The van der Waals surface area contributed by atoms with Crippen LogP contribution in [0.25, 0.3) is 11.1 Å². The van der Waals surface area contributed by atoms with Gasteiger partial charge in [-0.05, 0) is 54.8 Å². The smallest absolute Gasteiger partial charge is 0.240 e. The monoisotopic (exact) mass is 316 g/mol. The number of hydrogen-bond donors (Lipinski definition) is 1. The van der Waals surface area contributed by atoms with Crippen LogP contribution in [0, 0.1) is 13.8 Å². The first kappa shape index (κ1) is 14.7. The topological polar surface area (TPSA) is 72.2 Å². The SMILES string of the molecule is Cc1ccc(S(=O)(=O)NCc2ccc3ncoc3c2)cc1C. The van der Waals surface area contributed by atoms with Crippen molar-refractivity contribution in [1.82, 2.24) is 9.71 Å². The van der Waals surface area contributed by atoms with Gasteiger partial charge in [0, 0.05) is 6.54 Å². The second-order valence-electron chi connectivity index (χ2n) is 5.23. The number of nitrogens with one attached hydrogen (secondary N) is 1. The molecule has 0 bridgehead atoms. The van der Waals surface area contributed by atoms with E-state index in [2.05, 4.69) is 9.71 Å². The van der Waals surface area contributed by atoms with Crippen LogP contribution in [0.2, 0.25) is 0 Å². The molecular weight excluding hydrogens is 300 g/mol. The molecule has 1 aromatic heterocycles. The Kier molecular flexibility index (Phi) is 3.72. The summed E-state index contributed by atoms with van der Waals surface area (Å²) in [6.45, 7) is 4.05. The molecule has 0 aliphatic heterocycles. The Bertz CT molecular complexity index is 929. The summed E-state index contributed by atoms with van der Waals surface area (Å²) < 4.78 is 32.5. The van der Waals surface area contributed by atoms with E-state index in [4.69, 9.17) is 4.42 Å². The van der Waals surface area contributed by atoms with Crippen molar-refractivity contribution < 1.29 is 12.8 Å². The van der Waals surface area contributed by atoms with Gasteiger partial charge in [0.1, 0.15) is 5.52 Å². The summed E-state index contributed by atoms with van der Waals surface area (Å²) in [5, 5.41) is 0. The van der Waals surface area contributed by atoms with Gasteiger partial charge in [0.2, 0.25) is 10.0 Å². The molecule has 0 unspecified atom stereocenters. The van der Waals surface area contributed by atoms with Gasteiger partial charge in [-0.3, -0.25) is 0 Å². The molecule has 0 spiro atoms. The second-order valence-corrected chi connectivity index (χ2v) is 6.99. The minimum absolute atomic E-state index is 0.200. The normalized spacial score (nSPS) is 11.9. The third-order valence-electron chi connectivity index (χ3n) is 3.65. The number of sulfonamides is 1. The molecule has 0 saturated carbocycles. The molecular formula is C16H16N2O3S. The van der Waals surface area contributed by atoms with E-state index < -0.39 is 10.0 Å². The zero-order valence-corrected chi connectivity index (χ0v) is 13.1. The highest BCUT2D eigenvalue weighted by Gasteiger charge is 2.14. The predicted molar refractivity (Wildman–Crippen MR) is 84.0 cm³/mol. The Morgan fingerprint density at radius 2 is 1.91 bits per heavy atom. The fourth-order valence-electron chi connectivity index (χ4n) is 2.15. The van der Waals surface area contributed by atoms with E-state index in [0.717, 1.165) is 22.2 Å². The van der Waals surface area contributed by atoms with E-state index in [1.807, 2.05) is 26.0 Å². The van der Waals surface area contributed by atoms with Crippen LogP contribution in [0.1, 0.15) is 16.7 Å². The molecule has 1 heterocycles. The fourth-order valence-corrected chi connectivity index (χ4v) is 3.25. The molecule has 3 rings (SSSR count). The third-order valence-corrected chi connectivity index (χ3v) is 5.05. The van der Waals surface area contributed by atoms with Crippen LogP contribution in [-0.4, -0.2) is 13.4 Å². The lowest BCUT2D eigenvalue weighted by atomic mass is 10.1. The van der Waals surface area contributed by atoms with Gasteiger partial charge in [-0.1, -0.05) is 12.1 Å². The van der Waals surface area contributed by atoms with Crippen LogP contribution in [-0.2, 0) is 16.6 Å². The quantitative estimate of drug-likeness (QED) is 0.803. The summed E-state index contributed by atoms with van der Waals surface area (Å²) in [7, 11) is -3.53. The standard InChI is InChI=1S/C16H16N2O3S/c1-11-3-5-14(7-12(11)2)22(19,20)18-9-13-4-6-15-16(8-13)21-10-17-15/h3-8,10,18H,9H2,1-2H3. The van der Waals surface area contributed by atoms with Crippen molar-refractivity contribution >= 4 is 21.1 Å². The Balaban J connectivity index is 1.80. The third kappa shape index (κ3) is 2.88. The van der Waals surface area contributed by atoms with Crippen LogP contribution in [0.3, 0.4) is 0 Å². The van der Waals surface area contributed by atoms with Crippen molar-refractivity contribution in [3.8, 4) is 0 Å². The number of aromatic nitrogens is 1. The van der Waals surface area contributed by atoms with E-state index in [0.29, 0.717) is 5.58 Å². The van der Waals surface area contributed by atoms with Gasteiger partial charge in [0.25, 0.3) is 0 Å². The van der Waals surface area contributed by atoms with Gasteiger partial charge in [-0.2, -0.15) is 0 Å². The van der Waals surface area contributed by atoms with Crippen LogP contribution in [0.5, 0.6) is 0 Å². The van der Waals surface area contributed by atoms with Crippen molar-refractivity contribution in [2.24, 2.45) is 0 Å². The van der Waals surface area contributed by atoms with Gasteiger partial charge >= 0.3 is 0 Å². The summed E-state index contributed by atoms with van der Waals surface area (Å²) >= 11 is 0. The van der Waals surface area contributed by atoms with Crippen molar-refractivity contribution in [3.63, 3.8) is 0 Å². The van der Waals surface area contributed by atoms with Crippen LogP contribution >= 0.6 is 0 Å². The Morgan fingerprint density at radius 1 is 1.09 bits per heavy atom. The molecule has 0 amide bonds. The number of nitrogens with zero attached hydrogens (tertiary/aromatic N) is 1. The molecule has 5 nitrogen and oxygen atoms in total. The first-order chi connectivity index (χ1) is 10.5.